The molecule has 2 heterocycles. The molecule has 3 rings (SSSR count). The lowest BCUT2D eigenvalue weighted by molar-refractivity contribution is 0.426. The molecular weight excluding hydrogens is 236 g/mol. The van der Waals surface area contributed by atoms with E-state index in [1.54, 1.807) is 6.33 Å². The lowest BCUT2D eigenvalue weighted by atomic mass is 9.94. The molecule has 0 amide bonds. The van der Waals surface area contributed by atoms with E-state index in [2.05, 4.69) is 32.9 Å². The van der Waals surface area contributed by atoms with Gasteiger partial charge in [-0.1, -0.05) is 19.3 Å². The molecule has 0 bridgehead atoms. The molecule has 1 saturated carbocycles. The van der Waals surface area contributed by atoms with Crippen molar-refractivity contribution < 1.29 is 0 Å². The van der Waals surface area contributed by atoms with Crippen molar-refractivity contribution in [2.75, 3.05) is 29.9 Å². The minimum Gasteiger partial charge on any atom is -0.357 e. The summed E-state index contributed by atoms with van der Waals surface area (Å²) in [6, 6.07) is 2.83. The SMILES string of the molecule is CN(c1cc(N2CCCC2)ncn1)C1CCCCC1. The van der Waals surface area contributed by atoms with E-state index in [9.17, 15) is 0 Å². The number of rotatable bonds is 3. The first-order valence-electron chi connectivity index (χ1n) is 7.64. The number of nitrogens with zero attached hydrogens (tertiary/aromatic N) is 4. The second kappa shape index (κ2) is 5.76. The van der Waals surface area contributed by atoms with E-state index in [4.69, 9.17) is 0 Å². The zero-order valence-electron chi connectivity index (χ0n) is 11.9. The van der Waals surface area contributed by atoms with E-state index >= 15 is 0 Å². The summed E-state index contributed by atoms with van der Waals surface area (Å²) in [6.07, 6.45) is 11.0. The molecule has 1 aliphatic carbocycles. The molecule has 1 aromatic heterocycles. The molecule has 0 radical (unpaired) electrons. The van der Waals surface area contributed by atoms with Crippen molar-refractivity contribution in [3.05, 3.63) is 12.4 Å². The molecule has 0 atom stereocenters. The van der Waals surface area contributed by atoms with Crippen molar-refractivity contribution in [2.24, 2.45) is 0 Å². The third kappa shape index (κ3) is 2.82. The Morgan fingerprint density at radius 3 is 2.53 bits per heavy atom. The number of anilines is 2. The fourth-order valence-electron chi connectivity index (χ4n) is 3.30. The van der Waals surface area contributed by atoms with Gasteiger partial charge in [0.05, 0.1) is 0 Å². The van der Waals surface area contributed by atoms with Crippen molar-refractivity contribution in [1.82, 2.24) is 9.97 Å². The van der Waals surface area contributed by atoms with Gasteiger partial charge in [0.25, 0.3) is 0 Å². The van der Waals surface area contributed by atoms with Crippen LogP contribution in [0.15, 0.2) is 12.4 Å². The highest BCUT2D eigenvalue weighted by molar-refractivity contribution is 5.50. The molecule has 1 aliphatic heterocycles. The molecular formula is C15H24N4. The summed E-state index contributed by atoms with van der Waals surface area (Å²) in [5.41, 5.74) is 0. The van der Waals surface area contributed by atoms with E-state index in [0.717, 1.165) is 24.7 Å². The Bertz CT molecular complexity index is 408. The molecule has 4 nitrogen and oxygen atoms in total. The molecule has 0 spiro atoms. The highest BCUT2D eigenvalue weighted by Crippen LogP contribution is 2.27. The van der Waals surface area contributed by atoms with Gasteiger partial charge in [-0.3, -0.25) is 0 Å². The van der Waals surface area contributed by atoms with Crippen molar-refractivity contribution in [3.63, 3.8) is 0 Å². The first-order chi connectivity index (χ1) is 9.34. The van der Waals surface area contributed by atoms with Crippen molar-refractivity contribution in [1.29, 1.82) is 0 Å². The Hall–Kier alpha value is -1.32. The summed E-state index contributed by atoms with van der Waals surface area (Å²) in [6.45, 7) is 2.28. The van der Waals surface area contributed by atoms with Crippen LogP contribution in [-0.4, -0.2) is 36.1 Å². The summed E-state index contributed by atoms with van der Waals surface area (Å²) < 4.78 is 0. The molecule has 0 unspecified atom stereocenters. The van der Waals surface area contributed by atoms with Crippen LogP contribution in [0.1, 0.15) is 44.9 Å². The van der Waals surface area contributed by atoms with Gasteiger partial charge >= 0.3 is 0 Å². The average molecular weight is 260 g/mol. The molecule has 1 aromatic rings. The summed E-state index contributed by atoms with van der Waals surface area (Å²) in [7, 11) is 2.19. The van der Waals surface area contributed by atoms with Gasteiger partial charge in [0.2, 0.25) is 0 Å². The maximum atomic E-state index is 4.47. The quantitative estimate of drug-likeness (QED) is 0.836. The lowest BCUT2D eigenvalue weighted by Crippen LogP contribution is -2.34. The molecule has 1 saturated heterocycles. The van der Waals surface area contributed by atoms with Crippen LogP contribution in [0.5, 0.6) is 0 Å². The second-order valence-corrected chi connectivity index (χ2v) is 5.83. The van der Waals surface area contributed by atoms with Crippen molar-refractivity contribution >= 4 is 11.6 Å². The Balaban J connectivity index is 1.74. The summed E-state index contributed by atoms with van der Waals surface area (Å²) >= 11 is 0. The van der Waals surface area contributed by atoms with Crippen LogP contribution in [0.25, 0.3) is 0 Å². The number of hydrogen-bond acceptors (Lipinski definition) is 4. The third-order valence-electron chi connectivity index (χ3n) is 4.55. The van der Waals surface area contributed by atoms with Crippen molar-refractivity contribution in [2.45, 2.75) is 51.0 Å². The minimum atomic E-state index is 0.662. The predicted molar refractivity (Wildman–Crippen MR) is 78.8 cm³/mol. The summed E-state index contributed by atoms with van der Waals surface area (Å²) in [4.78, 5) is 13.6. The topological polar surface area (TPSA) is 32.3 Å². The van der Waals surface area contributed by atoms with Crippen LogP contribution in [0.3, 0.4) is 0 Å². The van der Waals surface area contributed by atoms with Crippen LogP contribution in [0.4, 0.5) is 11.6 Å². The Morgan fingerprint density at radius 1 is 1.05 bits per heavy atom. The zero-order chi connectivity index (χ0) is 13.1. The van der Waals surface area contributed by atoms with E-state index in [1.807, 2.05) is 0 Å². The second-order valence-electron chi connectivity index (χ2n) is 5.83. The summed E-state index contributed by atoms with van der Waals surface area (Å²) in [5, 5.41) is 0. The van der Waals surface area contributed by atoms with Crippen LogP contribution in [0, 0.1) is 0 Å². The molecule has 4 heteroatoms. The molecule has 0 N–H and O–H groups in total. The third-order valence-corrected chi connectivity index (χ3v) is 4.55. The van der Waals surface area contributed by atoms with Gasteiger partial charge in [0.1, 0.15) is 18.0 Å². The molecule has 2 fully saturated rings. The highest BCUT2D eigenvalue weighted by Gasteiger charge is 2.20. The van der Waals surface area contributed by atoms with Gasteiger partial charge in [-0.15, -0.1) is 0 Å². The molecule has 104 valence electrons. The average Bonchev–Trinajstić information content (AvgIpc) is 3.02. The first kappa shape index (κ1) is 12.7. The fourth-order valence-corrected chi connectivity index (χ4v) is 3.30. The first-order valence-corrected chi connectivity index (χ1v) is 7.64. The van der Waals surface area contributed by atoms with Crippen molar-refractivity contribution in [3.8, 4) is 0 Å². The van der Waals surface area contributed by atoms with Gasteiger partial charge in [-0.05, 0) is 25.7 Å². The van der Waals surface area contributed by atoms with Gasteiger partial charge in [0.15, 0.2) is 0 Å². The smallest absolute Gasteiger partial charge is 0.134 e. The van der Waals surface area contributed by atoms with E-state index in [0.29, 0.717) is 6.04 Å². The van der Waals surface area contributed by atoms with Crippen LogP contribution in [-0.2, 0) is 0 Å². The largest absolute Gasteiger partial charge is 0.357 e. The zero-order valence-corrected chi connectivity index (χ0v) is 11.9. The standard InChI is InChI=1S/C15H24N4/c1-18(13-7-3-2-4-8-13)14-11-15(17-12-16-14)19-9-5-6-10-19/h11-13H,2-10H2,1H3. The lowest BCUT2D eigenvalue weighted by Gasteiger charge is -2.32. The molecule has 0 aromatic carbocycles. The maximum Gasteiger partial charge on any atom is 0.134 e. The van der Waals surface area contributed by atoms with Gasteiger partial charge < -0.3 is 9.80 Å². The van der Waals surface area contributed by atoms with Crippen LogP contribution >= 0.6 is 0 Å². The van der Waals surface area contributed by atoms with E-state index < -0.39 is 0 Å². The maximum absolute atomic E-state index is 4.47. The molecule has 19 heavy (non-hydrogen) atoms. The Labute approximate surface area is 115 Å². The van der Waals surface area contributed by atoms with E-state index in [-0.39, 0.29) is 0 Å². The number of aromatic nitrogens is 2. The number of hydrogen-bond donors (Lipinski definition) is 0. The predicted octanol–water partition coefficient (Wildman–Crippen LogP) is 2.85. The molecule has 2 aliphatic rings. The summed E-state index contributed by atoms with van der Waals surface area (Å²) in [5.74, 6) is 2.19. The van der Waals surface area contributed by atoms with Crippen LogP contribution < -0.4 is 9.80 Å². The fraction of sp³-hybridized carbons (Fsp3) is 0.733. The van der Waals surface area contributed by atoms with Gasteiger partial charge in [-0.2, -0.15) is 0 Å². The van der Waals surface area contributed by atoms with Crippen LogP contribution in [0.2, 0.25) is 0 Å². The van der Waals surface area contributed by atoms with E-state index in [1.165, 1.54) is 44.9 Å². The Morgan fingerprint density at radius 2 is 1.79 bits per heavy atom. The minimum absolute atomic E-state index is 0.662. The normalized spacial score (nSPS) is 20.8. The van der Waals surface area contributed by atoms with Gasteiger partial charge in [0, 0.05) is 32.2 Å². The monoisotopic (exact) mass is 260 g/mol. The highest BCUT2D eigenvalue weighted by atomic mass is 15.2. The Kier molecular flexibility index (Phi) is 3.85. The van der Waals surface area contributed by atoms with Gasteiger partial charge in [-0.25, -0.2) is 9.97 Å².